The first-order valence-corrected chi connectivity index (χ1v) is 8.71. The minimum Gasteiger partial charge on any atom is -0.343 e. The molecule has 114 valence electrons. The number of unbranched alkanes of at least 4 members (excludes halogenated alkanes) is 15. The molecule has 0 spiro atoms. The molecule has 0 unspecified atom stereocenters. The fraction of sp³-hybridized carbons (Fsp3) is 0.944. The first-order chi connectivity index (χ1) is 8.91. The van der Waals surface area contributed by atoms with Gasteiger partial charge in [-0.1, -0.05) is 103 Å². The van der Waals surface area contributed by atoms with Gasteiger partial charge in [-0.3, -0.25) is 0 Å². The summed E-state index contributed by atoms with van der Waals surface area (Å²) in [6, 6.07) is 0. The van der Waals surface area contributed by atoms with Gasteiger partial charge in [-0.05, 0) is 0 Å². The molecule has 0 radical (unpaired) electrons. The minimum absolute atomic E-state index is 0. The topological polar surface area (TPSA) is 0 Å². The summed E-state index contributed by atoms with van der Waals surface area (Å²) in [5, 5.41) is 0. The van der Waals surface area contributed by atoms with Crippen LogP contribution in [0.2, 0.25) is 0 Å². The van der Waals surface area contributed by atoms with E-state index in [1.165, 1.54) is 96.3 Å². The second-order valence-corrected chi connectivity index (χ2v) is 5.80. The zero-order valence-corrected chi connectivity index (χ0v) is 16.7. The molecule has 0 heterocycles. The number of rotatable bonds is 15. The van der Waals surface area contributed by atoms with Crippen molar-refractivity contribution in [2.24, 2.45) is 0 Å². The summed E-state index contributed by atoms with van der Waals surface area (Å²) in [6.07, 6.45) is 22.8. The van der Waals surface area contributed by atoms with E-state index in [4.69, 9.17) is 0 Å². The van der Waals surface area contributed by atoms with Crippen molar-refractivity contribution in [2.45, 2.75) is 110 Å². The first-order valence-electron chi connectivity index (χ1n) is 8.71. The van der Waals surface area contributed by atoms with Crippen molar-refractivity contribution in [1.82, 2.24) is 0 Å². The molecule has 0 saturated carbocycles. The molecule has 0 rings (SSSR count). The molecule has 0 aromatic carbocycles. The monoisotopic (exact) mass is 395 g/mol. The Morgan fingerprint density at radius 1 is 0.474 bits per heavy atom. The molecule has 0 fully saturated rings. The quantitative estimate of drug-likeness (QED) is 0.204. The molecule has 0 amide bonds. The third-order valence-corrected chi connectivity index (χ3v) is 3.85. The van der Waals surface area contributed by atoms with E-state index >= 15 is 0 Å². The maximum atomic E-state index is 3.88. The number of hydrogen-bond acceptors (Lipinski definition) is 0. The van der Waals surface area contributed by atoms with Crippen molar-refractivity contribution >= 4 is 0 Å². The van der Waals surface area contributed by atoms with Gasteiger partial charge in [-0.15, -0.1) is 0 Å². The summed E-state index contributed by atoms with van der Waals surface area (Å²) in [7, 11) is 0. The van der Waals surface area contributed by atoms with E-state index in [9.17, 15) is 0 Å². The molecule has 0 aliphatic heterocycles. The molecule has 0 bridgehead atoms. The molecule has 0 N–H and O–H groups in total. The van der Waals surface area contributed by atoms with Crippen LogP contribution in [-0.4, -0.2) is 0 Å². The van der Waals surface area contributed by atoms with Crippen molar-refractivity contribution in [2.75, 3.05) is 0 Å². The molecule has 1 heteroatoms. The van der Waals surface area contributed by atoms with E-state index < -0.39 is 0 Å². The molecule has 0 atom stereocenters. The third kappa shape index (κ3) is 21.8. The van der Waals surface area contributed by atoms with Crippen LogP contribution < -0.4 is 0 Å². The first kappa shape index (κ1) is 22.6. The Hall–Kier alpha value is 1.35. The van der Waals surface area contributed by atoms with Crippen LogP contribution in [0.5, 0.6) is 0 Å². The minimum atomic E-state index is 0. The Kier molecular flexibility index (Phi) is 25.8. The van der Waals surface area contributed by atoms with Gasteiger partial charge in [0.15, 0.2) is 0 Å². The summed E-state index contributed by atoms with van der Waals surface area (Å²) in [6.45, 7) is 6.18. The van der Waals surface area contributed by atoms with Gasteiger partial charge >= 0.3 is 0 Å². The van der Waals surface area contributed by atoms with Crippen LogP contribution >= 0.6 is 0 Å². The van der Waals surface area contributed by atoms with Crippen LogP contribution in [0.15, 0.2) is 0 Å². The van der Waals surface area contributed by atoms with Crippen molar-refractivity contribution in [3.05, 3.63) is 6.92 Å². The largest absolute Gasteiger partial charge is 0.343 e. The fourth-order valence-corrected chi connectivity index (χ4v) is 2.55. The Bertz CT molecular complexity index is 118. The fourth-order valence-electron chi connectivity index (χ4n) is 2.55. The normalized spacial score (nSPS) is 10.4. The molecule has 0 aliphatic rings. The molecule has 0 nitrogen and oxygen atoms in total. The summed E-state index contributed by atoms with van der Waals surface area (Å²) >= 11 is 0. The van der Waals surface area contributed by atoms with Crippen LogP contribution in [0.25, 0.3) is 0 Å². The Labute approximate surface area is 156 Å². The Morgan fingerprint density at radius 2 is 0.737 bits per heavy atom. The SMILES string of the molecule is [CH2-]CCCCCCCCCCCCCCCCC.[Nd]. The van der Waals surface area contributed by atoms with E-state index in [0.717, 1.165) is 6.42 Å². The molecule has 0 aromatic rings. The second-order valence-electron chi connectivity index (χ2n) is 5.80. The maximum Gasteiger partial charge on any atom is 0 e. The van der Waals surface area contributed by atoms with Crippen LogP contribution in [-0.2, 0) is 0 Å². The van der Waals surface area contributed by atoms with Crippen molar-refractivity contribution < 1.29 is 40.8 Å². The van der Waals surface area contributed by atoms with Crippen molar-refractivity contribution in [1.29, 1.82) is 0 Å². The van der Waals surface area contributed by atoms with Crippen molar-refractivity contribution in [3.8, 4) is 0 Å². The standard InChI is InChI=1S/C18H37.Nd/c1-3-5-7-9-11-13-15-17-18-16-14-12-10-8-6-4-2;/h1,3-18H2,2H3;/q-1;. The predicted octanol–water partition coefficient (Wildman–Crippen LogP) is 7.08. The maximum absolute atomic E-state index is 3.88. The van der Waals surface area contributed by atoms with Crippen molar-refractivity contribution in [3.63, 3.8) is 0 Å². The smallest absolute Gasteiger partial charge is 0 e. The molecule has 19 heavy (non-hydrogen) atoms. The van der Waals surface area contributed by atoms with E-state index in [1.54, 1.807) is 0 Å². The molecule has 0 aromatic heterocycles. The number of hydrogen-bond donors (Lipinski definition) is 0. The Balaban J connectivity index is 0. The Morgan fingerprint density at radius 3 is 1.00 bits per heavy atom. The van der Waals surface area contributed by atoms with Gasteiger partial charge in [0.05, 0.1) is 0 Å². The molecule has 0 saturated heterocycles. The third-order valence-electron chi connectivity index (χ3n) is 3.85. The van der Waals surface area contributed by atoms with E-state index in [0.29, 0.717) is 0 Å². The van der Waals surface area contributed by atoms with Gasteiger partial charge in [0.2, 0.25) is 0 Å². The van der Waals surface area contributed by atoms with Gasteiger partial charge in [-0.25, -0.2) is 0 Å². The summed E-state index contributed by atoms with van der Waals surface area (Å²) in [5.41, 5.74) is 0. The van der Waals surface area contributed by atoms with Gasteiger partial charge in [0.1, 0.15) is 0 Å². The van der Waals surface area contributed by atoms with Gasteiger partial charge < -0.3 is 6.92 Å². The molecular weight excluding hydrogens is 360 g/mol. The molecule has 0 aliphatic carbocycles. The van der Waals surface area contributed by atoms with E-state index in [-0.39, 0.29) is 40.8 Å². The van der Waals surface area contributed by atoms with E-state index in [2.05, 4.69) is 13.8 Å². The average molecular weight is 398 g/mol. The van der Waals surface area contributed by atoms with Crippen LogP contribution in [0.1, 0.15) is 110 Å². The van der Waals surface area contributed by atoms with E-state index in [1.807, 2.05) is 0 Å². The van der Waals surface area contributed by atoms with Gasteiger partial charge in [0.25, 0.3) is 0 Å². The second kappa shape index (κ2) is 21.6. The van der Waals surface area contributed by atoms with Gasteiger partial charge in [0, 0.05) is 40.8 Å². The summed E-state index contributed by atoms with van der Waals surface area (Å²) in [5.74, 6) is 0. The summed E-state index contributed by atoms with van der Waals surface area (Å²) < 4.78 is 0. The predicted molar refractivity (Wildman–Crippen MR) is 84.9 cm³/mol. The summed E-state index contributed by atoms with van der Waals surface area (Å²) in [4.78, 5) is 0. The van der Waals surface area contributed by atoms with Crippen LogP contribution in [0.3, 0.4) is 0 Å². The van der Waals surface area contributed by atoms with Crippen LogP contribution in [0, 0.1) is 47.8 Å². The average Bonchev–Trinajstić information content (AvgIpc) is 2.39. The molecular formula is C18H37Nd-. The van der Waals surface area contributed by atoms with Crippen LogP contribution in [0.4, 0.5) is 0 Å². The zero-order chi connectivity index (χ0) is 13.3. The van der Waals surface area contributed by atoms with Gasteiger partial charge in [-0.2, -0.15) is 6.42 Å². The zero-order valence-electron chi connectivity index (χ0n) is 13.5.